The Hall–Kier alpha value is -3.71. The zero-order valence-electron chi connectivity index (χ0n) is 18.9. The number of nitrogens with two attached hydrogens (primary N) is 2. The molecule has 0 aliphatic heterocycles. The molecule has 13 nitrogen and oxygen atoms in total. The van der Waals surface area contributed by atoms with Gasteiger partial charge in [0.2, 0.25) is 23.6 Å². The van der Waals surface area contributed by atoms with E-state index in [-0.39, 0.29) is 25.0 Å². The quantitative estimate of drug-likeness (QED) is 0.148. The van der Waals surface area contributed by atoms with Gasteiger partial charge in [0.05, 0.1) is 12.1 Å². The minimum atomic E-state index is -1.45. The van der Waals surface area contributed by atoms with Gasteiger partial charge in [-0.3, -0.25) is 19.2 Å². The SMILES string of the molecule is CC(N)C(=O)NC(C(=O)NC(Cc1ccc(O)cc1)C(=O)NC(CCC(N)=O)C(=O)O)C(C)O. The van der Waals surface area contributed by atoms with E-state index < -0.39 is 59.9 Å². The summed E-state index contributed by atoms with van der Waals surface area (Å²) >= 11 is 0. The van der Waals surface area contributed by atoms with Gasteiger partial charge in [-0.15, -0.1) is 0 Å². The van der Waals surface area contributed by atoms with Crippen molar-refractivity contribution in [3.8, 4) is 5.75 Å². The van der Waals surface area contributed by atoms with Gasteiger partial charge >= 0.3 is 5.97 Å². The number of hydrogen-bond donors (Lipinski definition) is 8. The summed E-state index contributed by atoms with van der Waals surface area (Å²) in [4.78, 5) is 60.1. The number of carboxylic acids is 1. The number of aliphatic carboxylic acids is 1. The summed E-state index contributed by atoms with van der Waals surface area (Å²) in [5, 5.41) is 35.7. The zero-order valence-corrected chi connectivity index (χ0v) is 18.9. The second kappa shape index (κ2) is 13.1. The number of carbonyl (C=O) groups excluding carboxylic acids is 4. The minimum Gasteiger partial charge on any atom is -0.508 e. The Morgan fingerprint density at radius 3 is 1.94 bits per heavy atom. The van der Waals surface area contributed by atoms with Crippen LogP contribution in [-0.2, 0) is 30.4 Å². The van der Waals surface area contributed by atoms with Crippen molar-refractivity contribution in [3.05, 3.63) is 29.8 Å². The highest BCUT2D eigenvalue weighted by atomic mass is 16.4. The molecule has 4 amide bonds. The largest absolute Gasteiger partial charge is 0.508 e. The summed E-state index contributed by atoms with van der Waals surface area (Å²) in [6, 6.07) is 0.512. The highest BCUT2D eigenvalue weighted by molar-refractivity contribution is 5.94. The number of rotatable bonds is 13. The van der Waals surface area contributed by atoms with Gasteiger partial charge in [-0.25, -0.2) is 4.79 Å². The smallest absolute Gasteiger partial charge is 0.326 e. The Morgan fingerprint density at radius 1 is 0.912 bits per heavy atom. The Balaban J connectivity index is 3.12. The topological polar surface area (TPSA) is 234 Å². The van der Waals surface area contributed by atoms with E-state index in [9.17, 15) is 39.3 Å². The van der Waals surface area contributed by atoms with Crippen LogP contribution in [0, 0.1) is 0 Å². The van der Waals surface area contributed by atoms with Crippen LogP contribution in [0.5, 0.6) is 5.75 Å². The van der Waals surface area contributed by atoms with E-state index in [0.29, 0.717) is 5.56 Å². The second-order valence-electron chi connectivity index (χ2n) is 7.85. The van der Waals surface area contributed by atoms with Gasteiger partial charge in [0.15, 0.2) is 0 Å². The summed E-state index contributed by atoms with van der Waals surface area (Å²) in [5.41, 5.74) is 11.0. The molecule has 10 N–H and O–H groups in total. The number of phenolic OH excluding ortho intramolecular Hbond substituents is 1. The van der Waals surface area contributed by atoms with Gasteiger partial charge in [0.25, 0.3) is 0 Å². The van der Waals surface area contributed by atoms with Crippen LogP contribution in [0.25, 0.3) is 0 Å². The molecule has 1 aromatic rings. The summed E-state index contributed by atoms with van der Waals surface area (Å²) < 4.78 is 0. The van der Waals surface area contributed by atoms with Crippen LogP contribution in [0.15, 0.2) is 24.3 Å². The van der Waals surface area contributed by atoms with Crippen LogP contribution >= 0.6 is 0 Å². The van der Waals surface area contributed by atoms with E-state index in [1.54, 1.807) is 0 Å². The number of aromatic hydroxyl groups is 1. The summed E-state index contributed by atoms with van der Waals surface area (Å²) in [6.07, 6.45) is -2.02. The number of benzene rings is 1. The number of amides is 4. The highest BCUT2D eigenvalue weighted by Crippen LogP contribution is 2.12. The molecule has 188 valence electrons. The molecule has 0 spiro atoms. The normalized spacial score (nSPS) is 15.2. The number of primary amides is 1. The van der Waals surface area contributed by atoms with Gasteiger partial charge in [0, 0.05) is 12.8 Å². The Kier molecular flexibility index (Phi) is 10.9. The van der Waals surface area contributed by atoms with Crippen LogP contribution in [-0.4, -0.2) is 75.2 Å². The van der Waals surface area contributed by atoms with Crippen LogP contribution < -0.4 is 27.4 Å². The predicted octanol–water partition coefficient (Wildman–Crippen LogP) is -2.53. The molecule has 0 aliphatic carbocycles. The molecule has 0 bridgehead atoms. The molecule has 0 radical (unpaired) electrons. The van der Waals surface area contributed by atoms with E-state index in [1.165, 1.54) is 38.1 Å². The first-order valence-electron chi connectivity index (χ1n) is 10.5. The maximum Gasteiger partial charge on any atom is 0.326 e. The van der Waals surface area contributed by atoms with Crippen molar-refractivity contribution >= 4 is 29.6 Å². The van der Waals surface area contributed by atoms with Crippen LogP contribution in [0.3, 0.4) is 0 Å². The maximum absolute atomic E-state index is 12.9. The average molecular weight is 482 g/mol. The van der Waals surface area contributed by atoms with Crippen molar-refractivity contribution in [2.75, 3.05) is 0 Å². The highest BCUT2D eigenvalue weighted by Gasteiger charge is 2.32. The van der Waals surface area contributed by atoms with Gasteiger partial charge < -0.3 is 42.7 Å². The van der Waals surface area contributed by atoms with E-state index in [2.05, 4.69) is 16.0 Å². The van der Waals surface area contributed by atoms with Gasteiger partial charge in [-0.05, 0) is 38.0 Å². The van der Waals surface area contributed by atoms with Crippen LogP contribution in [0.2, 0.25) is 0 Å². The Bertz CT molecular complexity index is 888. The van der Waals surface area contributed by atoms with Crippen molar-refractivity contribution in [2.24, 2.45) is 11.5 Å². The fourth-order valence-electron chi connectivity index (χ4n) is 2.84. The van der Waals surface area contributed by atoms with Gasteiger partial charge in [0.1, 0.15) is 23.9 Å². The third-order valence-electron chi connectivity index (χ3n) is 4.78. The number of aliphatic hydroxyl groups excluding tert-OH is 1. The van der Waals surface area contributed by atoms with Crippen molar-refractivity contribution in [1.29, 1.82) is 0 Å². The zero-order chi connectivity index (χ0) is 26.0. The lowest BCUT2D eigenvalue weighted by molar-refractivity contribution is -0.142. The molecule has 0 heterocycles. The molecule has 34 heavy (non-hydrogen) atoms. The number of phenols is 1. The molecule has 13 heteroatoms. The molecule has 5 unspecified atom stereocenters. The standard InChI is InChI=1S/C21H31N5O8/c1-10(22)18(30)26-17(11(2)27)20(32)25-15(9-12-3-5-13(28)6-4-12)19(31)24-14(21(33)34)7-8-16(23)29/h3-6,10-11,14-15,17,27-28H,7-9,22H2,1-2H3,(H2,23,29)(H,24,31)(H,25,32)(H,26,30)(H,33,34). The molecule has 1 rings (SSSR count). The van der Waals surface area contributed by atoms with Gasteiger partial charge in [-0.1, -0.05) is 12.1 Å². The lowest BCUT2D eigenvalue weighted by Gasteiger charge is -2.26. The lowest BCUT2D eigenvalue weighted by atomic mass is 10.0. The van der Waals surface area contributed by atoms with Crippen molar-refractivity contribution in [1.82, 2.24) is 16.0 Å². The first-order valence-corrected chi connectivity index (χ1v) is 10.5. The van der Waals surface area contributed by atoms with Crippen LogP contribution in [0.1, 0.15) is 32.3 Å². The van der Waals surface area contributed by atoms with E-state index >= 15 is 0 Å². The molecule has 0 saturated carbocycles. The van der Waals surface area contributed by atoms with Gasteiger partial charge in [-0.2, -0.15) is 0 Å². The number of nitrogens with one attached hydrogen (secondary N) is 3. The summed E-state index contributed by atoms with van der Waals surface area (Å²) in [7, 11) is 0. The van der Waals surface area contributed by atoms with E-state index in [4.69, 9.17) is 11.5 Å². The van der Waals surface area contributed by atoms with E-state index in [0.717, 1.165) is 0 Å². The fraction of sp³-hybridized carbons (Fsp3) is 0.476. The fourth-order valence-corrected chi connectivity index (χ4v) is 2.84. The molecule has 0 saturated heterocycles. The maximum atomic E-state index is 12.9. The van der Waals surface area contributed by atoms with Crippen molar-refractivity contribution < 1.29 is 39.3 Å². The van der Waals surface area contributed by atoms with Crippen molar-refractivity contribution in [3.63, 3.8) is 0 Å². The Morgan fingerprint density at radius 2 is 1.47 bits per heavy atom. The third-order valence-corrected chi connectivity index (χ3v) is 4.78. The summed E-state index contributed by atoms with van der Waals surface area (Å²) in [6.45, 7) is 2.64. The third kappa shape index (κ3) is 9.42. The molecular formula is C21H31N5O8. The number of hydrogen-bond acceptors (Lipinski definition) is 8. The van der Waals surface area contributed by atoms with Crippen LogP contribution in [0.4, 0.5) is 0 Å². The average Bonchev–Trinajstić information content (AvgIpc) is 2.74. The number of carboxylic acid groups (broad SMARTS) is 1. The predicted molar refractivity (Wildman–Crippen MR) is 119 cm³/mol. The first kappa shape index (κ1) is 28.3. The van der Waals surface area contributed by atoms with E-state index in [1.807, 2.05) is 0 Å². The molecule has 5 atom stereocenters. The molecule has 0 aliphatic rings. The monoisotopic (exact) mass is 481 g/mol. The minimum absolute atomic E-state index is 0.0287. The summed E-state index contributed by atoms with van der Waals surface area (Å²) in [5.74, 6) is -4.69. The first-order chi connectivity index (χ1) is 15.8. The molecule has 1 aromatic carbocycles. The second-order valence-corrected chi connectivity index (χ2v) is 7.85. The molecule has 0 fully saturated rings. The lowest BCUT2D eigenvalue weighted by Crippen LogP contribution is -2.60. The Labute approximate surface area is 195 Å². The van der Waals surface area contributed by atoms with Crippen molar-refractivity contribution in [2.45, 2.75) is 63.4 Å². The number of aliphatic hydroxyl groups is 1. The number of carbonyl (C=O) groups is 5. The molecular weight excluding hydrogens is 450 g/mol. The molecule has 0 aromatic heterocycles.